The molecule has 1 aliphatic rings. The number of halogens is 1. The van der Waals surface area contributed by atoms with Gasteiger partial charge in [0, 0.05) is 11.9 Å². The Balaban J connectivity index is 1.98. The first-order valence-electron chi connectivity index (χ1n) is 4.76. The normalized spacial score (nSPS) is 25.8. The Morgan fingerprint density at radius 3 is 3.00 bits per heavy atom. The van der Waals surface area contributed by atoms with Crippen LogP contribution in [0.5, 0.6) is 0 Å². The minimum Gasteiger partial charge on any atom is -0.390 e. The summed E-state index contributed by atoms with van der Waals surface area (Å²) >= 11 is 3.18. The van der Waals surface area contributed by atoms with Gasteiger partial charge in [-0.25, -0.2) is 0 Å². The smallest absolute Gasteiger partial charge is 0.0870 e. The summed E-state index contributed by atoms with van der Waals surface area (Å²) in [4.78, 5) is 0. The molecule has 2 atom stereocenters. The minimum absolute atomic E-state index is 0.247. The molecule has 4 heteroatoms. The van der Waals surface area contributed by atoms with Gasteiger partial charge in [-0.2, -0.15) is 0 Å². The average Bonchev–Trinajstić information content (AvgIpc) is 2.19. The van der Waals surface area contributed by atoms with Crippen LogP contribution in [0.2, 0.25) is 0 Å². The van der Waals surface area contributed by atoms with Gasteiger partial charge in [-0.15, -0.1) is 0 Å². The van der Waals surface area contributed by atoms with Crippen LogP contribution in [0.1, 0.15) is 19.3 Å². The summed E-state index contributed by atoms with van der Waals surface area (Å²) in [5, 5.41) is 9.74. The third-order valence-corrected chi connectivity index (χ3v) is 2.81. The number of aliphatic hydroxyl groups is 1. The summed E-state index contributed by atoms with van der Waals surface area (Å²) in [6.45, 7) is 1.87. The topological polar surface area (TPSA) is 38.7 Å². The predicted octanol–water partition coefficient (Wildman–Crippen LogP) is 1.33. The zero-order valence-corrected chi connectivity index (χ0v) is 9.33. The van der Waals surface area contributed by atoms with E-state index < -0.39 is 6.10 Å². The number of hydrogen-bond acceptors (Lipinski definition) is 3. The zero-order chi connectivity index (χ0) is 9.52. The fraction of sp³-hybridized carbons (Fsp3) is 1.00. The number of alkyl halides is 1. The SMILES string of the molecule is OC(CBr)COCC1CCCCO1. The van der Waals surface area contributed by atoms with Crippen molar-refractivity contribution in [3.8, 4) is 0 Å². The Hall–Kier alpha value is 0.360. The maximum Gasteiger partial charge on any atom is 0.0870 e. The lowest BCUT2D eigenvalue weighted by Gasteiger charge is -2.22. The molecule has 0 saturated carbocycles. The molecule has 0 aliphatic carbocycles. The van der Waals surface area contributed by atoms with Crippen molar-refractivity contribution in [2.75, 3.05) is 25.2 Å². The van der Waals surface area contributed by atoms with Crippen molar-refractivity contribution < 1.29 is 14.6 Å². The van der Waals surface area contributed by atoms with Gasteiger partial charge in [-0.1, -0.05) is 15.9 Å². The molecule has 1 fully saturated rings. The van der Waals surface area contributed by atoms with Crippen LogP contribution in [0.4, 0.5) is 0 Å². The summed E-state index contributed by atoms with van der Waals surface area (Å²) in [7, 11) is 0. The summed E-state index contributed by atoms with van der Waals surface area (Å²) in [6, 6.07) is 0. The first kappa shape index (κ1) is 11.4. The third kappa shape index (κ3) is 4.96. The molecular weight excluding hydrogens is 236 g/mol. The number of hydrogen-bond donors (Lipinski definition) is 1. The summed E-state index contributed by atoms with van der Waals surface area (Å²) < 4.78 is 10.8. The quantitative estimate of drug-likeness (QED) is 0.751. The Kier molecular flexibility index (Phi) is 5.95. The second-order valence-corrected chi connectivity index (χ2v) is 3.98. The molecule has 0 amide bonds. The highest BCUT2D eigenvalue weighted by molar-refractivity contribution is 9.09. The molecule has 1 rings (SSSR count). The van der Waals surface area contributed by atoms with Crippen LogP contribution in [-0.2, 0) is 9.47 Å². The molecule has 1 saturated heterocycles. The molecule has 1 aliphatic heterocycles. The highest BCUT2D eigenvalue weighted by atomic mass is 79.9. The minimum atomic E-state index is -0.399. The summed E-state index contributed by atoms with van der Waals surface area (Å²) in [5.41, 5.74) is 0. The highest BCUT2D eigenvalue weighted by Gasteiger charge is 2.14. The fourth-order valence-electron chi connectivity index (χ4n) is 1.32. The van der Waals surface area contributed by atoms with Crippen LogP contribution in [0, 0.1) is 0 Å². The van der Waals surface area contributed by atoms with Gasteiger partial charge in [-0.05, 0) is 19.3 Å². The van der Waals surface area contributed by atoms with E-state index in [1.807, 2.05) is 0 Å². The zero-order valence-electron chi connectivity index (χ0n) is 7.75. The molecule has 2 unspecified atom stereocenters. The van der Waals surface area contributed by atoms with Crippen molar-refractivity contribution in [1.82, 2.24) is 0 Å². The van der Waals surface area contributed by atoms with E-state index >= 15 is 0 Å². The molecule has 0 bridgehead atoms. The van der Waals surface area contributed by atoms with Crippen LogP contribution in [0.15, 0.2) is 0 Å². The van der Waals surface area contributed by atoms with Crippen LogP contribution in [0.25, 0.3) is 0 Å². The molecule has 0 aromatic rings. The number of rotatable bonds is 5. The standard InChI is InChI=1S/C9H17BrO3/c10-5-8(11)6-12-7-9-3-1-2-4-13-9/h8-9,11H,1-7H2. The van der Waals surface area contributed by atoms with Crippen molar-refractivity contribution in [2.24, 2.45) is 0 Å². The predicted molar refractivity (Wildman–Crippen MR) is 54.2 cm³/mol. The van der Waals surface area contributed by atoms with Crippen LogP contribution in [0.3, 0.4) is 0 Å². The van der Waals surface area contributed by atoms with Gasteiger partial charge in [0.1, 0.15) is 0 Å². The molecule has 1 N–H and O–H groups in total. The van der Waals surface area contributed by atoms with Crippen molar-refractivity contribution in [3.63, 3.8) is 0 Å². The van der Waals surface area contributed by atoms with E-state index in [9.17, 15) is 5.11 Å². The lowest BCUT2D eigenvalue weighted by molar-refractivity contribution is -0.0540. The van der Waals surface area contributed by atoms with Gasteiger partial charge in [0.15, 0.2) is 0 Å². The van der Waals surface area contributed by atoms with Crippen molar-refractivity contribution in [1.29, 1.82) is 0 Å². The molecule has 0 aromatic heterocycles. The maximum atomic E-state index is 9.17. The van der Waals surface area contributed by atoms with Crippen molar-refractivity contribution in [2.45, 2.75) is 31.5 Å². The van der Waals surface area contributed by atoms with Gasteiger partial charge < -0.3 is 14.6 Å². The lowest BCUT2D eigenvalue weighted by atomic mass is 10.1. The van der Waals surface area contributed by atoms with E-state index in [2.05, 4.69) is 15.9 Å². The Morgan fingerprint density at radius 1 is 1.54 bits per heavy atom. The van der Waals surface area contributed by atoms with Crippen molar-refractivity contribution >= 4 is 15.9 Å². The van der Waals surface area contributed by atoms with Crippen molar-refractivity contribution in [3.05, 3.63) is 0 Å². The monoisotopic (exact) mass is 252 g/mol. The van der Waals surface area contributed by atoms with E-state index in [-0.39, 0.29) is 6.10 Å². The summed E-state index contributed by atoms with van der Waals surface area (Å²) in [6.07, 6.45) is 3.33. The van der Waals surface area contributed by atoms with Gasteiger partial charge in [0.05, 0.1) is 25.4 Å². The molecule has 0 aromatic carbocycles. The van der Waals surface area contributed by atoms with E-state index in [1.54, 1.807) is 0 Å². The third-order valence-electron chi connectivity index (χ3n) is 2.07. The van der Waals surface area contributed by atoms with E-state index in [0.717, 1.165) is 13.0 Å². The Labute approximate surface area is 87.5 Å². The molecule has 13 heavy (non-hydrogen) atoms. The second kappa shape index (κ2) is 6.76. The fourth-order valence-corrected chi connectivity index (χ4v) is 1.51. The van der Waals surface area contributed by atoms with Crippen LogP contribution < -0.4 is 0 Å². The van der Waals surface area contributed by atoms with Gasteiger partial charge in [0.25, 0.3) is 0 Å². The summed E-state index contributed by atoms with van der Waals surface area (Å²) in [5.74, 6) is 0. The number of ether oxygens (including phenoxy) is 2. The first-order chi connectivity index (χ1) is 6.33. The molecule has 1 heterocycles. The van der Waals surface area contributed by atoms with Crippen LogP contribution >= 0.6 is 15.9 Å². The largest absolute Gasteiger partial charge is 0.390 e. The maximum absolute atomic E-state index is 9.17. The van der Waals surface area contributed by atoms with E-state index in [1.165, 1.54) is 12.8 Å². The first-order valence-corrected chi connectivity index (χ1v) is 5.88. The molecule has 0 spiro atoms. The number of aliphatic hydroxyl groups excluding tert-OH is 1. The van der Waals surface area contributed by atoms with E-state index in [0.29, 0.717) is 18.5 Å². The molecular formula is C9H17BrO3. The van der Waals surface area contributed by atoms with Gasteiger partial charge >= 0.3 is 0 Å². The molecule has 3 nitrogen and oxygen atoms in total. The Morgan fingerprint density at radius 2 is 2.38 bits per heavy atom. The highest BCUT2D eigenvalue weighted by Crippen LogP contribution is 2.12. The van der Waals surface area contributed by atoms with Gasteiger partial charge in [-0.3, -0.25) is 0 Å². The van der Waals surface area contributed by atoms with Gasteiger partial charge in [0.2, 0.25) is 0 Å². The van der Waals surface area contributed by atoms with Crippen LogP contribution in [-0.4, -0.2) is 42.5 Å². The average molecular weight is 253 g/mol. The van der Waals surface area contributed by atoms with E-state index in [4.69, 9.17) is 9.47 Å². The molecule has 0 radical (unpaired) electrons. The molecule has 78 valence electrons. The Bertz CT molecular complexity index is 126. The lowest BCUT2D eigenvalue weighted by Crippen LogP contribution is -2.27. The second-order valence-electron chi connectivity index (χ2n) is 3.33.